The molecule has 3 heteroatoms. The fraction of sp³-hybridized carbons (Fsp3) is 0.538. The molecule has 88 valence electrons. The van der Waals surface area contributed by atoms with Gasteiger partial charge in [-0.2, -0.15) is 0 Å². The fourth-order valence-corrected chi connectivity index (χ4v) is 2.96. The van der Waals surface area contributed by atoms with Crippen molar-refractivity contribution in [2.45, 2.75) is 19.4 Å². The number of halogens is 1. The Labute approximate surface area is 106 Å². The second kappa shape index (κ2) is 5.80. The molecule has 1 saturated heterocycles. The quantitative estimate of drug-likeness (QED) is 0.917. The van der Waals surface area contributed by atoms with E-state index in [1.54, 1.807) is 0 Å². The van der Waals surface area contributed by atoms with E-state index in [1.165, 1.54) is 16.5 Å². The molecule has 0 aromatic heterocycles. The Hall–Kier alpha value is -0.380. The predicted octanol–water partition coefficient (Wildman–Crippen LogP) is 2.81. The van der Waals surface area contributed by atoms with Crippen molar-refractivity contribution in [1.82, 2.24) is 10.2 Å². The summed E-state index contributed by atoms with van der Waals surface area (Å²) in [6.45, 7) is 6.80. The Bertz CT molecular complexity index is 334. The largest absolute Gasteiger partial charge is 0.314 e. The Balaban J connectivity index is 2.18. The number of hydrogen-bond donors (Lipinski definition) is 1. The van der Waals surface area contributed by atoms with Gasteiger partial charge in [-0.15, -0.1) is 0 Å². The molecule has 1 unspecified atom stereocenters. The third-order valence-electron chi connectivity index (χ3n) is 3.24. The molecule has 0 aliphatic carbocycles. The molecule has 16 heavy (non-hydrogen) atoms. The number of piperazine rings is 1. The second-order valence-electron chi connectivity index (χ2n) is 4.23. The Morgan fingerprint density at radius 2 is 2.00 bits per heavy atom. The third-order valence-corrected chi connectivity index (χ3v) is 3.97. The lowest BCUT2D eigenvalue weighted by Gasteiger charge is -2.35. The molecule has 2 rings (SSSR count). The fourth-order valence-electron chi connectivity index (χ4n) is 2.41. The van der Waals surface area contributed by atoms with E-state index < -0.39 is 0 Å². The van der Waals surface area contributed by atoms with Gasteiger partial charge in [0.25, 0.3) is 0 Å². The predicted molar refractivity (Wildman–Crippen MR) is 71.6 cm³/mol. The van der Waals surface area contributed by atoms with Gasteiger partial charge in [-0.1, -0.05) is 41.1 Å². The molecular weight excluding hydrogens is 264 g/mol. The Morgan fingerprint density at radius 1 is 1.31 bits per heavy atom. The van der Waals surface area contributed by atoms with E-state index in [-0.39, 0.29) is 0 Å². The topological polar surface area (TPSA) is 15.3 Å². The standard InChI is InChI=1S/C13H19BrN2/c1-2-13(16-9-7-15-8-10-16)11-5-3-4-6-12(11)14/h3-6,13,15H,2,7-10H2,1H3. The van der Waals surface area contributed by atoms with E-state index in [2.05, 4.69) is 57.3 Å². The number of hydrogen-bond acceptors (Lipinski definition) is 2. The highest BCUT2D eigenvalue weighted by atomic mass is 79.9. The van der Waals surface area contributed by atoms with Gasteiger partial charge in [0.2, 0.25) is 0 Å². The molecule has 1 aromatic carbocycles. The van der Waals surface area contributed by atoms with Crippen LogP contribution in [0.2, 0.25) is 0 Å². The monoisotopic (exact) mass is 282 g/mol. The van der Waals surface area contributed by atoms with Crippen LogP contribution in [0.15, 0.2) is 28.7 Å². The molecule has 1 heterocycles. The molecule has 0 radical (unpaired) electrons. The molecule has 1 N–H and O–H groups in total. The average Bonchev–Trinajstić information content (AvgIpc) is 2.34. The minimum Gasteiger partial charge on any atom is -0.314 e. The second-order valence-corrected chi connectivity index (χ2v) is 5.09. The van der Waals surface area contributed by atoms with Crippen LogP contribution in [0.5, 0.6) is 0 Å². The molecule has 1 atom stereocenters. The highest BCUT2D eigenvalue weighted by Crippen LogP contribution is 2.30. The molecule has 1 aliphatic heterocycles. The zero-order chi connectivity index (χ0) is 11.4. The number of benzene rings is 1. The smallest absolute Gasteiger partial charge is 0.0357 e. The third kappa shape index (κ3) is 2.65. The van der Waals surface area contributed by atoms with Crippen molar-refractivity contribution in [1.29, 1.82) is 0 Å². The van der Waals surface area contributed by atoms with Crippen LogP contribution in [-0.2, 0) is 0 Å². The number of nitrogens with one attached hydrogen (secondary N) is 1. The van der Waals surface area contributed by atoms with Gasteiger partial charge in [-0.05, 0) is 18.1 Å². The van der Waals surface area contributed by atoms with Gasteiger partial charge in [0.15, 0.2) is 0 Å². The molecule has 0 spiro atoms. The number of rotatable bonds is 3. The van der Waals surface area contributed by atoms with Crippen LogP contribution >= 0.6 is 15.9 Å². The van der Waals surface area contributed by atoms with Gasteiger partial charge in [-0.25, -0.2) is 0 Å². The summed E-state index contributed by atoms with van der Waals surface area (Å²) < 4.78 is 1.24. The van der Waals surface area contributed by atoms with E-state index in [9.17, 15) is 0 Å². The van der Waals surface area contributed by atoms with Crippen molar-refractivity contribution in [3.05, 3.63) is 34.3 Å². The van der Waals surface area contributed by atoms with Crippen molar-refractivity contribution in [2.75, 3.05) is 26.2 Å². The van der Waals surface area contributed by atoms with Crippen LogP contribution in [-0.4, -0.2) is 31.1 Å². The molecule has 2 nitrogen and oxygen atoms in total. The van der Waals surface area contributed by atoms with Crippen LogP contribution in [0.1, 0.15) is 24.9 Å². The molecule has 1 fully saturated rings. The Morgan fingerprint density at radius 3 is 2.62 bits per heavy atom. The minimum atomic E-state index is 0.553. The zero-order valence-electron chi connectivity index (χ0n) is 9.75. The normalized spacial score (nSPS) is 19.6. The summed E-state index contributed by atoms with van der Waals surface area (Å²) in [5.74, 6) is 0. The number of nitrogens with zero attached hydrogens (tertiary/aromatic N) is 1. The summed E-state index contributed by atoms with van der Waals surface area (Å²) >= 11 is 3.66. The maximum absolute atomic E-state index is 3.66. The molecule has 1 aliphatic rings. The van der Waals surface area contributed by atoms with E-state index in [4.69, 9.17) is 0 Å². The van der Waals surface area contributed by atoms with Gasteiger partial charge >= 0.3 is 0 Å². The molecular formula is C13H19BrN2. The van der Waals surface area contributed by atoms with Crippen LogP contribution < -0.4 is 5.32 Å². The van der Waals surface area contributed by atoms with Crippen molar-refractivity contribution < 1.29 is 0 Å². The van der Waals surface area contributed by atoms with Gasteiger partial charge in [-0.3, -0.25) is 4.90 Å². The van der Waals surface area contributed by atoms with E-state index in [0.29, 0.717) is 6.04 Å². The average molecular weight is 283 g/mol. The van der Waals surface area contributed by atoms with Gasteiger partial charge in [0.05, 0.1) is 0 Å². The van der Waals surface area contributed by atoms with Crippen molar-refractivity contribution in [2.24, 2.45) is 0 Å². The highest BCUT2D eigenvalue weighted by Gasteiger charge is 2.21. The summed E-state index contributed by atoms with van der Waals surface area (Å²) in [6, 6.07) is 9.14. The van der Waals surface area contributed by atoms with Crippen LogP contribution in [0.3, 0.4) is 0 Å². The zero-order valence-corrected chi connectivity index (χ0v) is 11.3. The lowest BCUT2D eigenvalue weighted by Crippen LogP contribution is -2.45. The van der Waals surface area contributed by atoms with Gasteiger partial charge in [0.1, 0.15) is 0 Å². The van der Waals surface area contributed by atoms with Crippen molar-refractivity contribution >= 4 is 15.9 Å². The summed E-state index contributed by atoms with van der Waals surface area (Å²) in [4.78, 5) is 2.58. The summed E-state index contributed by atoms with van der Waals surface area (Å²) in [6.07, 6.45) is 1.17. The van der Waals surface area contributed by atoms with Gasteiger partial charge < -0.3 is 5.32 Å². The first-order valence-electron chi connectivity index (χ1n) is 6.02. The van der Waals surface area contributed by atoms with Crippen molar-refractivity contribution in [3.63, 3.8) is 0 Å². The van der Waals surface area contributed by atoms with E-state index in [0.717, 1.165) is 26.2 Å². The van der Waals surface area contributed by atoms with Crippen LogP contribution in [0, 0.1) is 0 Å². The molecule has 0 bridgehead atoms. The van der Waals surface area contributed by atoms with Gasteiger partial charge in [0, 0.05) is 36.7 Å². The first-order valence-corrected chi connectivity index (χ1v) is 6.81. The molecule has 0 saturated carbocycles. The highest BCUT2D eigenvalue weighted by molar-refractivity contribution is 9.10. The maximum atomic E-state index is 3.66. The molecule has 1 aromatic rings. The Kier molecular flexibility index (Phi) is 4.38. The lowest BCUT2D eigenvalue weighted by molar-refractivity contribution is 0.169. The molecule has 0 amide bonds. The maximum Gasteiger partial charge on any atom is 0.0357 e. The van der Waals surface area contributed by atoms with Crippen molar-refractivity contribution in [3.8, 4) is 0 Å². The van der Waals surface area contributed by atoms with Crippen LogP contribution in [0.25, 0.3) is 0 Å². The first kappa shape index (κ1) is 12.1. The minimum absolute atomic E-state index is 0.553. The van der Waals surface area contributed by atoms with Crippen LogP contribution in [0.4, 0.5) is 0 Å². The SMILES string of the molecule is CCC(c1ccccc1Br)N1CCNCC1. The lowest BCUT2D eigenvalue weighted by atomic mass is 10.0. The first-order chi connectivity index (χ1) is 7.83. The summed E-state index contributed by atoms with van der Waals surface area (Å²) in [5.41, 5.74) is 1.42. The summed E-state index contributed by atoms with van der Waals surface area (Å²) in [5, 5.41) is 3.41. The summed E-state index contributed by atoms with van der Waals surface area (Å²) in [7, 11) is 0. The van der Waals surface area contributed by atoms with E-state index in [1.807, 2.05) is 0 Å². The van der Waals surface area contributed by atoms with E-state index >= 15 is 0 Å².